The first-order valence-electron chi connectivity index (χ1n) is 14.2. The summed E-state index contributed by atoms with van der Waals surface area (Å²) in [5.41, 5.74) is 0. The van der Waals surface area contributed by atoms with E-state index < -0.39 is 7.60 Å². The van der Waals surface area contributed by atoms with Crippen LogP contribution in [0, 0.1) is 0 Å². The molecule has 0 radical (unpaired) electrons. The molecule has 0 aromatic heterocycles. The van der Waals surface area contributed by atoms with Gasteiger partial charge in [-0.05, 0) is 38.5 Å². The van der Waals surface area contributed by atoms with Crippen LogP contribution >= 0.6 is 7.60 Å². The van der Waals surface area contributed by atoms with Gasteiger partial charge in [-0.25, -0.2) is 0 Å². The van der Waals surface area contributed by atoms with Crippen LogP contribution in [0.4, 0.5) is 0 Å². The first kappa shape index (κ1) is 32.8. The lowest BCUT2D eigenvalue weighted by molar-refractivity contribution is -0.883. The predicted molar refractivity (Wildman–Crippen MR) is 146 cm³/mol. The van der Waals surface area contributed by atoms with Crippen molar-refractivity contribution in [3.05, 3.63) is 12.2 Å². The monoisotopic (exact) mass is 488 g/mol. The molecule has 0 spiro atoms. The molecule has 0 aliphatic carbocycles. The van der Waals surface area contributed by atoms with Gasteiger partial charge in [-0.3, -0.25) is 4.57 Å². The molecule has 0 aromatic carbocycles. The van der Waals surface area contributed by atoms with Crippen LogP contribution in [-0.2, 0) is 9.09 Å². The normalized spacial score (nSPS) is 15.2. The Hall–Kier alpha value is -0.150. The predicted octanol–water partition coefficient (Wildman–Crippen LogP) is 9.23. The quantitative estimate of drug-likeness (QED) is 0.0637. The summed E-state index contributed by atoms with van der Waals surface area (Å²) in [7, 11) is 2.34. The Labute approximate surface area is 207 Å². The second-order valence-electron chi connectivity index (χ2n) is 10.8. The van der Waals surface area contributed by atoms with Gasteiger partial charge in [0.05, 0.1) is 27.7 Å². The molecule has 0 amide bonds. The fourth-order valence-corrected chi connectivity index (χ4v) is 6.43. The minimum atomic E-state index is -3.57. The number of hydrogen-bond donors (Lipinski definition) is 1. The third-order valence-electron chi connectivity index (χ3n) is 6.50. The highest BCUT2D eigenvalue weighted by molar-refractivity contribution is 7.53. The molecule has 0 aromatic rings. The molecule has 0 heterocycles. The number of rotatable bonds is 24. The molecule has 0 rings (SSSR count). The van der Waals surface area contributed by atoms with Crippen LogP contribution in [0.1, 0.15) is 136 Å². The van der Waals surface area contributed by atoms with Crippen molar-refractivity contribution in [1.82, 2.24) is 0 Å². The van der Waals surface area contributed by atoms with Crippen molar-refractivity contribution in [2.75, 3.05) is 27.7 Å². The van der Waals surface area contributed by atoms with E-state index in [2.05, 4.69) is 26.0 Å². The lowest BCUT2D eigenvalue weighted by Gasteiger charge is -2.35. The van der Waals surface area contributed by atoms with Crippen LogP contribution in [-0.4, -0.2) is 42.9 Å². The van der Waals surface area contributed by atoms with Crippen molar-refractivity contribution in [3.63, 3.8) is 0 Å². The number of hydrogen-bond acceptors (Lipinski definition) is 2. The van der Waals surface area contributed by atoms with E-state index in [4.69, 9.17) is 4.52 Å². The third-order valence-corrected chi connectivity index (χ3v) is 8.76. The fourth-order valence-electron chi connectivity index (χ4n) is 4.41. The van der Waals surface area contributed by atoms with E-state index in [-0.39, 0.29) is 5.78 Å². The number of unbranched alkanes of at least 4 members (excludes halogenated alkanes) is 15. The van der Waals surface area contributed by atoms with Crippen molar-refractivity contribution in [3.8, 4) is 0 Å². The topological polar surface area (TPSA) is 46.5 Å². The van der Waals surface area contributed by atoms with Crippen LogP contribution in [0.5, 0.6) is 0 Å². The van der Waals surface area contributed by atoms with Crippen molar-refractivity contribution in [1.29, 1.82) is 0 Å². The van der Waals surface area contributed by atoms with Crippen LogP contribution in [0.2, 0.25) is 0 Å². The zero-order valence-electron chi connectivity index (χ0n) is 23.0. The summed E-state index contributed by atoms with van der Waals surface area (Å²) in [6, 6.07) is 0. The summed E-state index contributed by atoms with van der Waals surface area (Å²) in [5.74, 6) is -0.338. The average Bonchev–Trinajstić information content (AvgIpc) is 2.75. The summed E-state index contributed by atoms with van der Waals surface area (Å²) in [6.07, 6.45) is 28.4. The van der Waals surface area contributed by atoms with Gasteiger partial charge in [-0.1, -0.05) is 103 Å². The molecule has 0 fully saturated rings. The van der Waals surface area contributed by atoms with Gasteiger partial charge in [0.15, 0.2) is 5.78 Å². The van der Waals surface area contributed by atoms with E-state index >= 15 is 0 Å². The largest absolute Gasteiger partial charge is 0.385 e. The summed E-state index contributed by atoms with van der Waals surface area (Å²) in [5, 5.41) is 0. The Balaban J connectivity index is 3.53. The molecule has 0 aliphatic rings. The minimum absolute atomic E-state index is 0.338. The average molecular weight is 489 g/mol. The molecule has 198 valence electrons. The molecule has 4 nitrogen and oxygen atoms in total. The van der Waals surface area contributed by atoms with Gasteiger partial charge in [-0.15, -0.1) is 0 Å². The molecule has 0 bridgehead atoms. The van der Waals surface area contributed by atoms with E-state index in [0.717, 1.165) is 19.3 Å². The second-order valence-corrected chi connectivity index (χ2v) is 12.8. The van der Waals surface area contributed by atoms with Gasteiger partial charge in [0.2, 0.25) is 0 Å². The van der Waals surface area contributed by atoms with Gasteiger partial charge in [0.25, 0.3) is 0 Å². The summed E-state index contributed by atoms with van der Waals surface area (Å²) in [4.78, 5) is 10.4. The zero-order chi connectivity index (χ0) is 24.8. The van der Waals surface area contributed by atoms with E-state index in [1.165, 1.54) is 96.3 Å². The molecule has 2 atom stereocenters. The highest BCUT2D eigenvalue weighted by atomic mass is 31.2. The first-order chi connectivity index (χ1) is 15.8. The number of allylic oxidation sites excluding steroid dienone is 2. The zero-order valence-corrected chi connectivity index (χ0v) is 23.9. The molecular formula is C28H59NO3P+. The lowest BCUT2D eigenvalue weighted by Crippen LogP contribution is -2.45. The molecule has 5 heteroatoms. The number of nitrogens with zero attached hydrogens (tertiary/aromatic N) is 1. The van der Waals surface area contributed by atoms with Crippen molar-refractivity contribution in [2.45, 2.75) is 142 Å². The smallest absolute Gasteiger partial charge is 0.320 e. The van der Waals surface area contributed by atoms with Crippen LogP contribution in [0.3, 0.4) is 0 Å². The van der Waals surface area contributed by atoms with Gasteiger partial charge >= 0.3 is 7.60 Å². The van der Waals surface area contributed by atoms with Crippen molar-refractivity contribution >= 4 is 7.60 Å². The van der Waals surface area contributed by atoms with Crippen molar-refractivity contribution < 1.29 is 18.5 Å². The van der Waals surface area contributed by atoms with E-state index in [9.17, 15) is 9.46 Å². The molecule has 33 heavy (non-hydrogen) atoms. The number of quaternary nitrogens is 1. The molecule has 0 saturated carbocycles. The summed E-state index contributed by atoms with van der Waals surface area (Å²) >= 11 is 0. The lowest BCUT2D eigenvalue weighted by atomic mass is 10.1. The second kappa shape index (κ2) is 21.2. The van der Waals surface area contributed by atoms with Gasteiger partial charge < -0.3 is 13.9 Å². The maximum Gasteiger partial charge on any atom is 0.385 e. The molecular weight excluding hydrogens is 429 g/mol. The fraction of sp³-hybridized carbons (Fsp3) is 0.929. The van der Waals surface area contributed by atoms with E-state index in [1.807, 2.05) is 21.1 Å². The molecule has 0 aliphatic heterocycles. The standard InChI is InChI=1S/C28H58NO3P/c1-6-8-9-10-11-12-13-14-15-16-17-18-19-20-21-22-23-24-25-27-32-33(30,31)28(26-7-2)29(3,4)5/h18-19,28H,6-17,20-27H2,1-5H3/p+1. The first-order valence-corrected chi connectivity index (χ1v) is 15.8. The molecule has 2 unspecified atom stereocenters. The van der Waals surface area contributed by atoms with E-state index in [0.29, 0.717) is 17.5 Å². The van der Waals surface area contributed by atoms with Gasteiger partial charge in [0, 0.05) is 6.42 Å². The minimum Gasteiger partial charge on any atom is -0.320 e. The van der Waals surface area contributed by atoms with Crippen molar-refractivity contribution in [2.24, 2.45) is 0 Å². The van der Waals surface area contributed by atoms with Crippen LogP contribution in [0.25, 0.3) is 0 Å². The Morgan fingerprint density at radius 2 is 1.12 bits per heavy atom. The summed E-state index contributed by atoms with van der Waals surface area (Å²) in [6.45, 7) is 4.73. The Kier molecular flexibility index (Phi) is 21.1. The highest BCUT2D eigenvalue weighted by Crippen LogP contribution is 2.51. The van der Waals surface area contributed by atoms with Gasteiger partial charge in [-0.2, -0.15) is 0 Å². The Morgan fingerprint density at radius 3 is 1.55 bits per heavy atom. The van der Waals surface area contributed by atoms with Crippen LogP contribution in [0.15, 0.2) is 12.2 Å². The molecule has 1 N–H and O–H groups in total. The van der Waals surface area contributed by atoms with Gasteiger partial charge in [0.1, 0.15) is 0 Å². The Morgan fingerprint density at radius 1 is 0.697 bits per heavy atom. The maximum atomic E-state index is 12.7. The SMILES string of the molecule is CCCCCCCCCCCCC=CCCCCCCCOP(=O)(O)C(CCC)[N+](C)(C)C. The Bertz CT molecular complexity index is 502. The summed E-state index contributed by atoms with van der Waals surface area (Å²) < 4.78 is 18.6. The third kappa shape index (κ3) is 19.8. The maximum absolute atomic E-state index is 12.7. The van der Waals surface area contributed by atoms with Crippen LogP contribution < -0.4 is 0 Å². The van der Waals surface area contributed by atoms with E-state index in [1.54, 1.807) is 0 Å². The molecule has 0 saturated heterocycles. The highest BCUT2D eigenvalue weighted by Gasteiger charge is 2.41.